The van der Waals surface area contributed by atoms with Crippen LogP contribution in [-0.2, 0) is 6.42 Å². The van der Waals surface area contributed by atoms with Gasteiger partial charge < -0.3 is 11.1 Å². The molecule has 0 saturated carbocycles. The van der Waals surface area contributed by atoms with E-state index < -0.39 is 0 Å². The van der Waals surface area contributed by atoms with Crippen molar-refractivity contribution in [1.29, 1.82) is 0 Å². The molecule has 0 spiro atoms. The zero-order valence-corrected chi connectivity index (χ0v) is 12.1. The molecule has 0 aliphatic heterocycles. The molecule has 0 atom stereocenters. The summed E-state index contributed by atoms with van der Waals surface area (Å²) in [5.41, 5.74) is 7.40. The van der Waals surface area contributed by atoms with Gasteiger partial charge in [-0.3, -0.25) is 9.78 Å². The molecular weight excluding hydrogens is 297 g/mol. The molecule has 0 saturated heterocycles. The summed E-state index contributed by atoms with van der Waals surface area (Å²) in [7, 11) is 0. The van der Waals surface area contributed by atoms with Crippen LogP contribution in [0.3, 0.4) is 0 Å². The van der Waals surface area contributed by atoms with Crippen LogP contribution in [0.4, 0.5) is 5.69 Å². The van der Waals surface area contributed by atoms with Crippen molar-refractivity contribution >= 4 is 34.8 Å². The largest absolute Gasteiger partial charge is 0.396 e. The van der Waals surface area contributed by atoms with Gasteiger partial charge in [-0.1, -0.05) is 23.2 Å². The van der Waals surface area contributed by atoms with Gasteiger partial charge in [0, 0.05) is 24.5 Å². The third-order valence-electron chi connectivity index (χ3n) is 2.79. The van der Waals surface area contributed by atoms with E-state index in [4.69, 9.17) is 28.9 Å². The second-order valence-corrected chi connectivity index (χ2v) is 5.03. The fourth-order valence-electron chi connectivity index (χ4n) is 1.69. The minimum absolute atomic E-state index is 0.233. The van der Waals surface area contributed by atoms with E-state index in [-0.39, 0.29) is 21.6 Å². The predicted octanol–water partition coefficient (Wildman–Crippen LogP) is 2.94. The van der Waals surface area contributed by atoms with Gasteiger partial charge in [0.25, 0.3) is 5.91 Å². The van der Waals surface area contributed by atoms with E-state index in [1.807, 2.05) is 12.1 Å². The summed E-state index contributed by atoms with van der Waals surface area (Å²) in [6.45, 7) is 0.516. The van der Waals surface area contributed by atoms with Gasteiger partial charge in [-0.15, -0.1) is 0 Å². The lowest BCUT2D eigenvalue weighted by Gasteiger charge is -2.08. The summed E-state index contributed by atoms with van der Waals surface area (Å²) < 4.78 is 0. The van der Waals surface area contributed by atoms with Gasteiger partial charge in [-0.2, -0.15) is 0 Å². The number of nitrogens with two attached hydrogens (primary N) is 1. The number of carbonyl (C=O) groups excluding carboxylic acids is 1. The number of rotatable bonds is 4. The van der Waals surface area contributed by atoms with Gasteiger partial charge in [0.2, 0.25) is 0 Å². The standard InChI is InChI=1S/C14H13Cl2N3O/c15-11-7-10(8-12(16)13(11)17)14(20)19-6-3-9-1-4-18-5-2-9/h1-2,4-5,7-8H,3,6,17H2,(H,19,20). The number of aromatic nitrogens is 1. The number of nitrogens with zero attached hydrogens (tertiary/aromatic N) is 1. The molecule has 0 bridgehead atoms. The first kappa shape index (κ1) is 14.6. The summed E-state index contributed by atoms with van der Waals surface area (Å²) in [5.74, 6) is -0.233. The van der Waals surface area contributed by atoms with E-state index in [9.17, 15) is 4.79 Å². The van der Waals surface area contributed by atoms with Crippen molar-refractivity contribution in [2.75, 3.05) is 12.3 Å². The average Bonchev–Trinajstić information content (AvgIpc) is 2.45. The Kier molecular flexibility index (Phi) is 4.82. The van der Waals surface area contributed by atoms with E-state index in [0.29, 0.717) is 12.1 Å². The Morgan fingerprint density at radius 2 is 1.80 bits per heavy atom. The van der Waals surface area contributed by atoms with Crippen LogP contribution in [0.1, 0.15) is 15.9 Å². The number of hydrogen-bond donors (Lipinski definition) is 2. The second-order valence-electron chi connectivity index (χ2n) is 4.21. The van der Waals surface area contributed by atoms with Crippen LogP contribution < -0.4 is 11.1 Å². The Hall–Kier alpha value is -1.78. The first-order chi connectivity index (χ1) is 9.58. The van der Waals surface area contributed by atoms with Crippen LogP contribution in [0.5, 0.6) is 0 Å². The maximum absolute atomic E-state index is 12.0. The number of hydrogen-bond acceptors (Lipinski definition) is 3. The minimum atomic E-state index is -0.233. The topological polar surface area (TPSA) is 68.0 Å². The number of halogens is 2. The Labute approximate surface area is 126 Å². The van der Waals surface area contributed by atoms with Crippen molar-refractivity contribution in [3.8, 4) is 0 Å². The van der Waals surface area contributed by atoms with E-state index >= 15 is 0 Å². The van der Waals surface area contributed by atoms with Crippen molar-refractivity contribution in [3.63, 3.8) is 0 Å². The van der Waals surface area contributed by atoms with Gasteiger partial charge in [-0.25, -0.2) is 0 Å². The molecule has 0 unspecified atom stereocenters. The molecule has 4 nitrogen and oxygen atoms in total. The van der Waals surface area contributed by atoms with Crippen LogP contribution in [0.15, 0.2) is 36.7 Å². The number of pyridine rings is 1. The SMILES string of the molecule is Nc1c(Cl)cc(C(=O)NCCc2ccncc2)cc1Cl. The normalized spacial score (nSPS) is 10.3. The van der Waals surface area contributed by atoms with Crippen LogP contribution in [0.2, 0.25) is 10.0 Å². The summed E-state index contributed by atoms with van der Waals surface area (Å²) in [4.78, 5) is 15.9. The Balaban J connectivity index is 1.95. The third-order valence-corrected chi connectivity index (χ3v) is 3.42. The molecular formula is C14H13Cl2N3O. The van der Waals surface area contributed by atoms with Gasteiger partial charge in [0.1, 0.15) is 0 Å². The summed E-state index contributed by atoms with van der Waals surface area (Å²) in [5, 5.41) is 3.35. The highest BCUT2D eigenvalue weighted by atomic mass is 35.5. The van der Waals surface area contributed by atoms with E-state index in [1.54, 1.807) is 12.4 Å². The zero-order valence-electron chi connectivity index (χ0n) is 10.6. The minimum Gasteiger partial charge on any atom is -0.396 e. The molecule has 0 radical (unpaired) electrons. The van der Waals surface area contributed by atoms with E-state index in [1.165, 1.54) is 12.1 Å². The van der Waals surface area contributed by atoms with Crippen molar-refractivity contribution < 1.29 is 4.79 Å². The maximum Gasteiger partial charge on any atom is 0.251 e. The highest BCUT2D eigenvalue weighted by Gasteiger charge is 2.10. The van der Waals surface area contributed by atoms with Gasteiger partial charge in [-0.05, 0) is 36.2 Å². The maximum atomic E-state index is 12.0. The van der Waals surface area contributed by atoms with Crippen molar-refractivity contribution in [2.45, 2.75) is 6.42 Å². The highest BCUT2D eigenvalue weighted by Crippen LogP contribution is 2.28. The summed E-state index contributed by atoms with van der Waals surface area (Å²) in [6, 6.07) is 6.82. The highest BCUT2D eigenvalue weighted by molar-refractivity contribution is 6.39. The summed E-state index contributed by atoms with van der Waals surface area (Å²) in [6.07, 6.45) is 4.16. The smallest absolute Gasteiger partial charge is 0.251 e. The Bertz CT molecular complexity index is 594. The number of benzene rings is 1. The first-order valence-electron chi connectivity index (χ1n) is 5.99. The van der Waals surface area contributed by atoms with Crippen molar-refractivity contribution in [3.05, 3.63) is 57.8 Å². The molecule has 2 aromatic rings. The third kappa shape index (κ3) is 3.62. The fraction of sp³-hybridized carbons (Fsp3) is 0.143. The molecule has 6 heteroatoms. The monoisotopic (exact) mass is 309 g/mol. The molecule has 0 aliphatic rings. The molecule has 20 heavy (non-hydrogen) atoms. The van der Waals surface area contributed by atoms with E-state index in [0.717, 1.165) is 12.0 Å². The predicted molar refractivity (Wildman–Crippen MR) is 81.1 cm³/mol. The lowest BCUT2D eigenvalue weighted by atomic mass is 10.1. The van der Waals surface area contributed by atoms with Crippen molar-refractivity contribution in [2.24, 2.45) is 0 Å². The lowest BCUT2D eigenvalue weighted by molar-refractivity contribution is 0.0954. The second kappa shape index (κ2) is 6.59. The van der Waals surface area contributed by atoms with Crippen molar-refractivity contribution in [1.82, 2.24) is 10.3 Å². The van der Waals surface area contributed by atoms with Crippen LogP contribution in [-0.4, -0.2) is 17.4 Å². The van der Waals surface area contributed by atoms with Crippen LogP contribution >= 0.6 is 23.2 Å². The number of anilines is 1. The molecule has 1 aromatic carbocycles. The van der Waals surface area contributed by atoms with Gasteiger partial charge in [0.05, 0.1) is 15.7 Å². The van der Waals surface area contributed by atoms with E-state index in [2.05, 4.69) is 10.3 Å². The number of nitrogen functional groups attached to an aromatic ring is 1. The molecule has 0 aliphatic carbocycles. The lowest BCUT2D eigenvalue weighted by Crippen LogP contribution is -2.25. The number of amides is 1. The number of carbonyl (C=O) groups is 1. The number of nitrogens with one attached hydrogen (secondary N) is 1. The van der Waals surface area contributed by atoms with Gasteiger partial charge >= 0.3 is 0 Å². The molecule has 1 heterocycles. The molecule has 3 N–H and O–H groups in total. The quantitative estimate of drug-likeness (QED) is 0.853. The van der Waals surface area contributed by atoms with Crippen LogP contribution in [0, 0.1) is 0 Å². The molecule has 2 rings (SSSR count). The van der Waals surface area contributed by atoms with Crippen LogP contribution in [0.25, 0.3) is 0 Å². The molecule has 0 fully saturated rings. The first-order valence-corrected chi connectivity index (χ1v) is 6.75. The summed E-state index contributed by atoms with van der Waals surface area (Å²) >= 11 is 11.8. The Morgan fingerprint density at radius 1 is 1.20 bits per heavy atom. The Morgan fingerprint density at radius 3 is 2.40 bits per heavy atom. The molecule has 1 aromatic heterocycles. The molecule has 104 valence electrons. The van der Waals surface area contributed by atoms with Gasteiger partial charge in [0.15, 0.2) is 0 Å². The average molecular weight is 310 g/mol. The zero-order chi connectivity index (χ0) is 14.5. The molecule has 1 amide bonds. The fourth-order valence-corrected chi connectivity index (χ4v) is 2.17.